The Labute approximate surface area is 121 Å². The highest BCUT2D eigenvalue weighted by Gasteiger charge is 2.06. The Morgan fingerprint density at radius 3 is 2.37 bits per heavy atom. The summed E-state index contributed by atoms with van der Waals surface area (Å²) >= 11 is 0. The number of rotatable bonds is 14. The fraction of sp³-hybridized carbons (Fsp3) is 1.00. The van der Waals surface area contributed by atoms with E-state index in [-0.39, 0.29) is 0 Å². The van der Waals surface area contributed by atoms with Gasteiger partial charge in [0.25, 0.3) is 0 Å². The fourth-order valence-electron chi connectivity index (χ4n) is 2.27. The van der Waals surface area contributed by atoms with Gasteiger partial charge in [-0.3, -0.25) is 0 Å². The molecule has 0 spiro atoms. The molecule has 0 heterocycles. The van der Waals surface area contributed by atoms with Gasteiger partial charge in [0, 0.05) is 20.2 Å². The molecule has 116 valence electrons. The Bertz CT molecular complexity index is 174. The van der Waals surface area contributed by atoms with E-state index in [0.717, 1.165) is 19.1 Å². The molecule has 0 aromatic carbocycles. The van der Waals surface area contributed by atoms with E-state index in [2.05, 4.69) is 31.0 Å². The molecule has 0 aliphatic rings. The second-order valence-electron chi connectivity index (χ2n) is 5.85. The highest BCUT2D eigenvalue weighted by Crippen LogP contribution is 2.04. The van der Waals surface area contributed by atoms with Crippen molar-refractivity contribution in [3.8, 4) is 0 Å². The van der Waals surface area contributed by atoms with Crippen molar-refractivity contribution in [1.82, 2.24) is 10.2 Å². The molecule has 0 unspecified atom stereocenters. The molecule has 0 radical (unpaired) electrons. The molecule has 0 saturated heterocycles. The Hall–Kier alpha value is -0.120. The van der Waals surface area contributed by atoms with E-state index in [0.29, 0.717) is 0 Å². The van der Waals surface area contributed by atoms with Crippen molar-refractivity contribution in [3.63, 3.8) is 0 Å². The molecule has 0 aliphatic heterocycles. The first-order chi connectivity index (χ1) is 9.20. The van der Waals surface area contributed by atoms with Crippen molar-refractivity contribution in [2.24, 2.45) is 5.92 Å². The number of ether oxygens (including phenoxy) is 1. The van der Waals surface area contributed by atoms with Gasteiger partial charge in [-0.2, -0.15) is 0 Å². The molecule has 3 heteroatoms. The van der Waals surface area contributed by atoms with E-state index in [1.807, 2.05) is 0 Å². The van der Waals surface area contributed by atoms with E-state index >= 15 is 0 Å². The molecule has 3 nitrogen and oxygen atoms in total. The van der Waals surface area contributed by atoms with E-state index in [9.17, 15) is 0 Å². The van der Waals surface area contributed by atoms with Gasteiger partial charge in [-0.05, 0) is 44.8 Å². The summed E-state index contributed by atoms with van der Waals surface area (Å²) in [5, 5.41) is 3.46. The lowest BCUT2D eigenvalue weighted by Crippen LogP contribution is -2.32. The van der Waals surface area contributed by atoms with Gasteiger partial charge in [0.1, 0.15) is 0 Å². The third kappa shape index (κ3) is 14.1. The maximum Gasteiger partial charge on any atom is 0.0589 e. The fourth-order valence-corrected chi connectivity index (χ4v) is 2.27. The van der Waals surface area contributed by atoms with Crippen LogP contribution in [0, 0.1) is 5.92 Å². The third-order valence-electron chi connectivity index (χ3n) is 3.24. The van der Waals surface area contributed by atoms with Crippen molar-refractivity contribution in [1.29, 1.82) is 0 Å². The standard InChI is InChI=1S/C16H36N2O/c1-5-10-17-11-8-6-7-9-12-18(13-14-19-4)15-16(2)3/h16-17H,5-15H2,1-4H3. The number of unbranched alkanes of at least 4 members (excludes halogenated alkanes) is 3. The predicted molar refractivity (Wildman–Crippen MR) is 84.8 cm³/mol. The van der Waals surface area contributed by atoms with Crippen LogP contribution in [0.4, 0.5) is 0 Å². The van der Waals surface area contributed by atoms with Gasteiger partial charge in [-0.15, -0.1) is 0 Å². The number of hydrogen-bond donors (Lipinski definition) is 1. The second-order valence-corrected chi connectivity index (χ2v) is 5.85. The minimum atomic E-state index is 0.745. The first kappa shape index (κ1) is 18.9. The number of nitrogens with zero attached hydrogens (tertiary/aromatic N) is 1. The van der Waals surface area contributed by atoms with E-state index in [1.54, 1.807) is 7.11 Å². The first-order valence-corrected chi connectivity index (χ1v) is 8.12. The lowest BCUT2D eigenvalue weighted by Gasteiger charge is -2.23. The zero-order valence-corrected chi connectivity index (χ0v) is 13.7. The Morgan fingerprint density at radius 1 is 1.00 bits per heavy atom. The maximum absolute atomic E-state index is 5.19. The van der Waals surface area contributed by atoms with Crippen LogP contribution in [0.2, 0.25) is 0 Å². The molecular weight excluding hydrogens is 236 g/mol. The minimum Gasteiger partial charge on any atom is -0.383 e. The molecular formula is C16H36N2O. The summed E-state index contributed by atoms with van der Waals surface area (Å²) < 4.78 is 5.19. The summed E-state index contributed by atoms with van der Waals surface area (Å²) in [6, 6.07) is 0. The second kappa shape index (κ2) is 14.3. The Morgan fingerprint density at radius 2 is 1.74 bits per heavy atom. The summed E-state index contributed by atoms with van der Waals surface area (Å²) in [7, 11) is 1.79. The summed E-state index contributed by atoms with van der Waals surface area (Å²) in [5.41, 5.74) is 0. The smallest absolute Gasteiger partial charge is 0.0589 e. The van der Waals surface area contributed by atoms with Crippen LogP contribution in [0.25, 0.3) is 0 Å². The van der Waals surface area contributed by atoms with Crippen LogP contribution >= 0.6 is 0 Å². The van der Waals surface area contributed by atoms with E-state index in [4.69, 9.17) is 4.74 Å². The summed E-state index contributed by atoms with van der Waals surface area (Å²) in [6.45, 7) is 13.5. The Kier molecular flexibility index (Phi) is 14.2. The van der Waals surface area contributed by atoms with Crippen molar-refractivity contribution < 1.29 is 4.74 Å². The van der Waals surface area contributed by atoms with Gasteiger partial charge in [0.2, 0.25) is 0 Å². The molecule has 0 amide bonds. The van der Waals surface area contributed by atoms with Crippen molar-refractivity contribution >= 4 is 0 Å². The van der Waals surface area contributed by atoms with Crippen LogP contribution in [-0.4, -0.2) is 51.3 Å². The quantitative estimate of drug-likeness (QED) is 0.492. The first-order valence-electron chi connectivity index (χ1n) is 8.12. The number of hydrogen-bond acceptors (Lipinski definition) is 3. The highest BCUT2D eigenvalue weighted by atomic mass is 16.5. The third-order valence-corrected chi connectivity index (χ3v) is 3.24. The number of methoxy groups -OCH3 is 1. The topological polar surface area (TPSA) is 24.5 Å². The maximum atomic E-state index is 5.19. The molecule has 0 bridgehead atoms. The van der Waals surface area contributed by atoms with Gasteiger partial charge < -0.3 is 15.0 Å². The lowest BCUT2D eigenvalue weighted by atomic mass is 10.1. The molecule has 0 aromatic rings. The largest absolute Gasteiger partial charge is 0.383 e. The Balaban J connectivity index is 3.46. The van der Waals surface area contributed by atoms with Crippen LogP contribution in [0.15, 0.2) is 0 Å². The molecule has 0 saturated carbocycles. The summed E-state index contributed by atoms with van der Waals surface area (Å²) in [6.07, 6.45) is 6.60. The zero-order valence-electron chi connectivity index (χ0n) is 13.7. The summed E-state index contributed by atoms with van der Waals surface area (Å²) in [5.74, 6) is 0.745. The van der Waals surface area contributed by atoms with E-state index < -0.39 is 0 Å². The number of nitrogens with one attached hydrogen (secondary N) is 1. The van der Waals surface area contributed by atoms with Crippen LogP contribution in [0.1, 0.15) is 52.9 Å². The van der Waals surface area contributed by atoms with Crippen LogP contribution in [0.5, 0.6) is 0 Å². The summed E-state index contributed by atoms with van der Waals surface area (Å²) in [4.78, 5) is 2.55. The van der Waals surface area contributed by atoms with Crippen LogP contribution < -0.4 is 5.32 Å². The molecule has 0 fully saturated rings. The van der Waals surface area contributed by atoms with E-state index in [1.165, 1.54) is 58.3 Å². The molecule has 0 aliphatic carbocycles. The predicted octanol–water partition coefficient (Wildman–Crippen LogP) is 3.15. The molecule has 19 heavy (non-hydrogen) atoms. The van der Waals surface area contributed by atoms with Gasteiger partial charge >= 0.3 is 0 Å². The average Bonchev–Trinajstić information content (AvgIpc) is 2.38. The molecule has 1 N–H and O–H groups in total. The van der Waals surface area contributed by atoms with Crippen LogP contribution in [-0.2, 0) is 4.74 Å². The van der Waals surface area contributed by atoms with Gasteiger partial charge in [0.05, 0.1) is 6.61 Å². The minimum absolute atomic E-state index is 0.745. The highest BCUT2D eigenvalue weighted by molar-refractivity contribution is 4.60. The van der Waals surface area contributed by atoms with Gasteiger partial charge in [-0.1, -0.05) is 33.6 Å². The van der Waals surface area contributed by atoms with Gasteiger partial charge in [0.15, 0.2) is 0 Å². The molecule has 0 atom stereocenters. The zero-order chi connectivity index (χ0) is 14.3. The molecule has 0 rings (SSSR count). The average molecular weight is 272 g/mol. The monoisotopic (exact) mass is 272 g/mol. The SMILES string of the molecule is CCCNCCCCCCN(CCOC)CC(C)C. The van der Waals surface area contributed by atoms with Crippen molar-refractivity contribution in [2.45, 2.75) is 52.9 Å². The van der Waals surface area contributed by atoms with Crippen molar-refractivity contribution in [3.05, 3.63) is 0 Å². The van der Waals surface area contributed by atoms with Crippen LogP contribution in [0.3, 0.4) is 0 Å². The normalized spacial score (nSPS) is 11.7. The lowest BCUT2D eigenvalue weighted by molar-refractivity contribution is 0.138. The van der Waals surface area contributed by atoms with Gasteiger partial charge in [-0.25, -0.2) is 0 Å². The molecule has 0 aromatic heterocycles. The van der Waals surface area contributed by atoms with Crippen molar-refractivity contribution in [2.75, 3.05) is 46.4 Å².